The maximum Gasteiger partial charge on any atom is 0.307 e. The molecule has 3 N–H and O–H groups in total. The summed E-state index contributed by atoms with van der Waals surface area (Å²) in [5, 5.41) is 15.9. The molecule has 2 aromatic rings. The van der Waals surface area contributed by atoms with Gasteiger partial charge in [0, 0.05) is 11.4 Å². The monoisotopic (exact) mass is 424 g/mol. The molecule has 1 aromatic heterocycles. The van der Waals surface area contributed by atoms with E-state index in [1.807, 2.05) is 42.5 Å². The summed E-state index contributed by atoms with van der Waals surface area (Å²) < 4.78 is 0. The van der Waals surface area contributed by atoms with E-state index < -0.39 is 17.8 Å². The second-order valence-corrected chi connectivity index (χ2v) is 8.82. The van der Waals surface area contributed by atoms with Gasteiger partial charge in [0.25, 0.3) is 5.91 Å². The Morgan fingerprint density at radius 2 is 1.77 bits per heavy atom. The lowest BCUT2D eigenvalue weighted by Crippen LogP contribution is -2.35. The third kappa shape index (κ3) is 4.16. The molecule has 0 saturated carbocycles. The van der Waals surface area contributed by atoms with Crippen LogP contribution in [0.15, 0.2) is 42.5 Å². The van der Waals surface area contributed by atoms with E-state index in [0.717, 1.165) is 35.3 Å². The zero-order chi connectivity index (χ0) is 21.1. The van der Waals surface area contributed by atoms with Crippen molar-refractivity contribution in [1.29, 1.82) is 0 Å². The van der Waals surface area contributed by atoms with Crippen LogP contribution in [-0.4, -0.2) is 22.9 Å². The topological polar surface area (TPSA) is 95.5 Å². The summed E-state index contributed by atoms with van der Waals surface area (Å²) in [7, 11) is 0. The minimum atomic E-state index is -0.964. The van der Waals surface area contributed by atoms with Crippen LogP contribution >= 0.6 is 11.3 Å². The summed E-state index contributed by atoms with van der Waals surface area (Å²) in [6, 6.07) is 9.67. The number of carboxylic acids is 1. The van der Waals surface area contributed by atoms with Crippen molar-refractivity contribution in [2.45, 2.75) is 38.6 Å². The molecule has 1 heterocycles. The fourth-order valence-corrected chi connectivity index (χ4v) is 5.47. The number of carbonyl (C=O) groups excluding carboxylic acids is 2. The van der Waals surface area contributed by atoms with Gasteiger partial charge in [0.2, 0.25) is 5.91 Å². The third-order valence-corrected chi connectivity index (χ3v) is 6.97. The van der Waals surface area contributed by atoms with E-state index in [2.05, 4.69) is 10.6 Å². The highest BCUT2D eigenvalue weighted by molar-refractivity contribution is 7.17. The van der Waals surface area contributed by atoms with Crippen LogP contribution in [0.3, 0.4) is 0 Å². The Bertz CT molecular complexity index is 996. The van der Waals surface area contributed by atoms with Crippen LogP contribution < -0.4 is 10.6 Å². The lowest BCUT2D eigenvalue weighted by Gasteiger charge is -2.24. The molecule has 30 heavy (non-hydrogen) atoms. The molecule has 1 aromatic carbocycles. The van der Waals surface area contributed by atoms with E-state index in [4.69, 9.17) is 0 Å². The molecule has 2 atom stereocenters. The lowest BCUT2D eigenvalue weighted by atomic mass is 9.82. The molecule has 2 aliphatic rings. The Morgan fingerprint density at radius 1 is 1.03 bits per heavy atom. The molecule has 7 heteroatoms. The Morgan fingerprint density at radius 3 is 2.50 bits per heavy atom. The zero-order valence-corrected chi connectivity index (χ0v) is 17.3. The number of nitrogens with one attached hydrogen (secondary N) is 2. The zero-order valence-electron chi connectivity index (χ0n) is 16.5. The van der Waals surface area contributed by atoms with Crippen molar-refractivity contribution >= 4 is 34.1 Å². The molecule has 0 spiro atoms. The van der Waals surface area contributed by atoms with E-state index >= 15 is 0 Å². The number of carboxylic acid groups (broad SMARTS) is 1. The van der Waals surface area contributed by atoms with Gasteiger partial charge in [-0.3, -0.25) is 14.4 Å². The number of allylic oxidation sites excluding steroid dienone is 2. The first-order valence-corrected chi connectivity index (χ1v) is 11.0. The molecule has 0 radical (unpaired) electrons. The number of amides is 2. The number of aliphatic carboxylic acids is 1. The van der Waals surface area contributed by atoms with Crippen molar-refractivity contribution in [3.05, 3.63) is 64.1 Å². The fraction of sp³-hybridized carbons (Fsp3) is 0.348. The van der Waals surface area contributed by atoms with Crippen LogP contribution in [0.4, 0.5) is 5.00 Å². The van der Waals surface area contributed by atoms with Crippen molar-refractivity contribution in [2.75, 3.05) is 5.32 Å². The fourth-order valence-electron chi connectivity index (χ4n) is 4.18. The molecular formula is C23H24N2O4S. The van der Waals surface area contributed by atoms with Crippen LogP contribution in [0.5, 0.6) is 0 Å². The van der Waals surface area contributed by atoms with E-state index in [0.29, 0.717) is 30.0 Å². The van der Waals surface area contributed by atoms with Gasteiger partial charge in [0.05, 0.1) is 17.4 Å². The second kappa shape index (κ2) is 8.83. The number of benzene rings is 1. The first-order valence-electron chi connectivity index (χ1n) is 10.2. The van der Waals surface area contributed by atoms with Crippen molar-refractivity contribution in [3.63, 3.8) is 0 Å². The summed E-state index contributed by atoms with van der Waals surface area (Å²) >= 11 is 1.44. The number of fused-ring (bicyclic) bond motifs is 1. The van der Waals surface area contributed by atoms with Crippen LogP contribution in [0.1, 0.15) is 45.6 Å². The van der Waals surface area contributed by atoms with E-state index in [-0.39, 0.29) is 11.8 Å². The highest BCUT2D eigenvalue weighted by Crippen LogP contribution is 2.40. The first kappa shape index (κ1) is 20.3. The van der Waals surface area contributed by atoms with E-state index in [1.165, 1.54) is 11.3 Å². The van der Waals surface area contributed by atoms with Gasteiger partial charge < -0.3 is 15.7 Å². The minimum Gasteiger partial charge on any atom is -0.481 e. The molecule has 2 amide bonds. The quantitative estimate of drug-likeness (QED) is 0.615. The summed E-state index contributed by atoms with van der Waals surface area (Å²) in [4.78, 5) is 38.6. The second-order valence-electron chi connectivity index (χ2n) is 7.71. The molecule has 0 fully saturated rings. The minimum absolute atomic E-state index is 0.202. The van der Waals surface area contributed by atoms with Gasteiger partial charge in [-0.1, -0.05) is 42.5 Å². The molecular weight excluding hydrogens is 400 g/mol. The Labute approximate surface area is 179 Å². The molecule has 2 aliphatic carbocycles. The van der Waals surface area contributed by atoms with Gasteiger partial charge in [-0.05, 0) is 43.2 Å². The summed E-state index contributed by atoms with van der Waals surface area (Å²) in [5.41, 5.74) is 2.55. The van der Waals surface area contributed by atoms with Crippen molar-refractivity contribution in [3.8, 4) is 0 Å². The molecule has 6 nitrogen and oxygen atoms in total. The number of rotatable bonds is 6. The molecule has 0 bridgehead atoms. The van der Waals surface area contributed by atoms with Crippen molar-refractivity contribution < 1.29 is 19.5 Å². The predicted octanol–water partition coefficient (Wildman–Crippen LogP) is 3.77. The van der Waals surface area contributed by atoms with Gasteiger partial charge in [-0.2, -0.15) is 0 Å². The van der Waals surface area contributed by atoms with Crippen LogP contribution in [0.25, 0.3) is 0 Å². The number of thiophene rings is 1. The van der Waals surface area contributed by atoms with Crippen molar-refractivity contribution in [2.24, 2.45) is 11.8 Å². The highest BCUT2D eigenvalue weighted by atomic mass is 32.1. The van der Waals surface area contributed by atoms with Gasteiger partial charge in [0.1, 0.15) is 5.00 Å². The SMILES string of the molecule is O=C(NCc1ccccc1)c1c(NC(=O)C2CC=CCC2C(=O)O)sc2c1CCC2. The first-order chi connectivity index (χ1) is 14.5. The average molecular weight is 425 g/mol. The predicted molar refractivity (Wildman–Crippen MR) is 116 cm³/mol. The number of aryl methyl sites for hydroxylation is 1. The summed E-state index contributed by atoms with van der Waals surface area (Å²) in [5.74, 6) is -2.87. The Balaban J connectivity index is 1.54. The lowest BCUT2D eigenvalue weighted by molar-refractivity contribution is -0.146. The molecule has 156 valence electrons. The van der Waals surface area contributed by atoms with Gasteiger partial charge in [-0.15, -0.1) is 11.3 Å². The number of hydrogen-bond acceptors (Lipinski definition) is 4. The smallest absolute Gasteiger partial charge is 0.307 e. The average Bonchev–Trinajstić information content (AvgIpc) is 3.33. The third-order valence-electron chi connectivity index (χ3n) is 5.77. The number of hydrogen-bond donors (Lipinski definition) is 3. The number of carbonyl (C=O) groups is 3. The Kier molecular flexibility index (Phi) is 5.99. The maximum absolute atomic E-state index is 13.0. The van der Waals surface area contributed by atoms with Crippen LogP contribution in [0, 0.1) is 11.8 Å². The normalized spacial score (nSPS) is 19.9. The molecule has 0 aliphatic heterocycles. The largest absolute Gasteiger partial charge is 0.481 e. The molecule has 4 rings (SSSR count). The van der Waals surface area contributed by atoms with Crippen LogP contribution in [-0.2, 0) is 29.0 Å². The molecule has 0 saturated heterocycles. The summed E-state index contributed by atoms with van der Waals surface area (Å²) in [6.45, 7) is 0.409. The van der Waals surface area contributed by atoms with Gasteiger partial charge in [-0.25, -0.2) is 0 Å². The van der Waals surface area contributed by atoms with E-state index in [1.54, 1.807) is 0 Å². The van der Waals surface area contributed by atoms with E-state index in [9.17, 15) is 19.5 Å². The van der Waals surface area contributed by atoms with Gasteiger partial charge in [0.15, 0.2) is 0 Å². The maximum atomic E-state index is 13.0. The van der Waals surface area contributed by atoms with Crippen LogP contribution in [0.2, 0.25) is 0 Å². The van der Waals surface area contributed by atoms with Crippen molar-refractivity contribution in [1.82, 2.24) is 5.32 Å². The highest BCUT2D eigenvalue weighted by Gasteiger charge is 2.35. The number of anilines is 1. The Hall–Kier alpha value is -2.93. The molecule has 2 unspecified atom stereocenters. The summed E-state index contributed by atoms with van der Waals surface area (Å²) in [6.07, 6.45) is 7.12. The van der Waals surface area contributed by atoms with Gasteiger partial charge >= 0.3 is 5.97 Å². The standard InChI is InChI=1S/C23H24N2O4S/c26-20(15-9-4-5-10-16(15)23(28)29)25-22-19(17-11-6-12-18(17)30-22)21(27)24-13-14-7-2-1-3-8-14/h1-5,7-8,15-16H,6,9-13H2,(H,24,27)(H,25,26)(H,28,29).